The van der Waals surface area contributed by atoms with Gasteiger partial charge in [-0.1, -0.05) is 12.1 Å². The van der Waals surface area contributed by atoms with Gasteiger partial charge in [-0.2, -0.15) is 0 Å². The third-order valence-corrected chi connectivity index (χ3v) is 7.36. The number of nitrogens with zero attached hydrogens (tertiary/aromatic N) is 4. The standard InChI is InChI=1S/C28H29N7O3S/c1-18(36)32-22-4-2-3-21(14-22)24-13-20(5-9-30-24)17-29-16-19-7-11-35(12-8-19)27-31-10-6-23(33-27)15-25-26(37)34-28(38)39-25/h2-6,9-10,13-15,19,29H,7-8,11-12,16-17H2,1H3,(H,32,36)(H,34,37,38)/b25-15-. The quantitative estimate of drug-likeness (QED) is 0.363. The molecule has 0 aliphatic carbocycles. The second kappa shape index (κ2) is 12.2. The molecule has 2 saturated heterocycles. The van der Waals surface area contributed by atoms with E-state index in [1.165, 1.54) is 6.92 Å². The number of nitrogens with one attached hydrogen (secondary N) is 3. The van der Waals surface area contributed by atoms with E-state index in [9.17, 15) is 14.4 Å². The second-order valence-corrected chi connectivity index (χ2v) is 10.5. The number of anilines is 2. The molecule has 0 saturated carbocycles. The minimum atomic E-state index is -0.391. The van der Waals surface area contributed by atoms with Gasteiger partial charge in [-0.25, -0.2) is 9.97 Å². The van der Waals surface area contributed by atoms with E-state index in [2.05, 4.69) is 41.9 Å². The number of piperidine rings is 1. The highest BCUT2D eigenvalue weighted by Gasteiger charge is 2.25. The zero-order valence-corrected chi connectivity index (χ0v) is 22.3. The Hall–Kier alpha value is -4.09. The van der Waals surface area contributed by atoms with Crippen molar-refractivity contribution in [1.82, 2.24) is 25.6 Å². The lowest BCUT2D eigenvalue weighted by atomic mass is 9.97. The van der Waals surface area contributed by atoms with E-state index in [1.54, 1.807) is 18.3 Å². The average molecular weight is 544 g/mol. The number of thioether (sulfide) groups is 1. The van der Waals surface area contributed by atoms with Gasteiger partial charge < -0.3 is 15.5 Å². The molecule has 2 aromatic heterocycles. The Morgan fingerprint density at radius 2 is 1.95 bits per heavy atom. The molecule has 10 nitrogen and oxygen atoms in total. The number of hydrogen-bond donors (Lipinski definition) is 3. The van der Waals surface area contributed by atoms with Gasteiger partial charge in [0.1, 0.15) is 0 Å². The van der Waals surface area contributed by atoms with E-state index in [0.29, 0.717) is 22.5 Å². The number of carbonyl (C=O) groups excluding carboxylic acids is 3. The molecule has 11 heteroatoms. The van der Waals surface area contributed by atoms with E-state index in [1.807, 2.05) is 36.5 Å². The lowest BCUT2D eigenvalue weighted by Crippen LogP contribution is -2.38. The highest BCUT2D eigenvalue weighted by molar-refractivity contribution is 8.18. The molecule has 200 valence electrons. The Morgan fingerprint density at radius 1 is 1.13 bits per heavy atom. The first-order chi connectivity index (χ1) is 18.9. The summed E-state index contributed by atoms with van der Waals surface area (Å²) in [5, 5.41) is 8.29. The van der Waals surface area contributed by atoms with Gasteiger partial charge in [0.25, 0.3) is 11.1 Å². The normalized spacial score (nSPS) is 16.9. The highest BCUT2D eigenvalue weighted by Crippen LogP contribution is 2.26. The van der Waals surface area contributed by atoms with E-state index in [0.717, 1.165) is 73.3 Å². The van der Waals surface area contributed by atoms with Crippen molar-refractivity contribution >= 4 is 46.5 Å². The summed E-state index contributed by atoms with van der Waals surface area (Å²) in [7, 11) is 0. The number of pyridine rings is 1. The van der Waals surface area contributed by atoms with Gasteiger partial charge in [-0.05, 0) is 79.0 Å². The molecule has 4 heterocycles. The van der Waals surface area contributed by atoms with Crippen LogP contribution in [0.25, 0.3) is 17.3 Å². The molecular weight excluding hydrogens is 514 g/mol. The van der Waals surface area contributed by atoms with Gasteiger partial charge in [0.15, 0.2) is 0 Å². The van der Waals surface area contributed by atoms with Crippen molar-refractivity contribution in [3.63, 3.8) is 0 Å². The molecule has 5 rings (SSSR count). The lowest BCUT2D eigenvalue weighted by Gasteiger charge is -2.32. The number of rotatable bonds is 8. The van der Waals surface area contributed by atoms with Crippen molar-refractivity contribution in [2.75, 3.05) is 29.9 Å². The molecule has 0 unspecified atom stereocenters. The number of hydrogen-bond acceptors (Lipinski definition) is 9. The topological polar surface area (TPSA) is 129 Å². The SMILES string of the molecule is CC(=O)Nc1cccc(-c2cc(CNCC3CCN(c4nccc(/C=C5\SC(=O)NC5=O)n4)CC3)ccn2)c1. The molecule has 0 bridgehead atoms. The van der Waals surface area contributed by atoms with Crippen molar-refractivity contribution in [3.05, 3.63) is 71.0 Å². The van der Waals surface area contributed by atoms with Gasteiger partial charge in [0.05, 0.1) is 16.3 Å². The van der Waals surface area contributed by atoms with Crippen LogP contribution < -0.4 is 20.9 Å². The largest absolute Gasteiger partial charge is 0.341 e. The lowest BCUT2D eigenvalue weighted by molar-refractivity contribution is -0.115. The third kappa shape index (κ3) is 7.06. The Balaban J connectivity index is 1.11. The second-order valence-electron chi connectivity index (χ2n) is 9.51. The molecule has 2 fully saturated rings. The van der Waals surface area contributed by atoms with Crippen LogP contribution in [0.4, 0.5) is 16.4 Å². The zero-order chi connectivity index (χ0) is 27.2. The summed E-state index contributed by atoms with van der Waals surface area (Å²) in [4.78, 5) is 50.6. The van der Waals surface area contributed by atoms with Crippen molar-refractivity contribution in [2.45, 2.75) is 26.3 Å². The molecule has 0 atom stereocenters. The number of amides is 3. The zero-order valence-electron chi connectivity index (χ0n) is 21.5. The van der Waals surface area contributed by atoms with E-state index < -0.39 is 5.91 Å². The van der Waals surface area contributed by atoms with Crippen LogP contribution in [0.1, 0.15) is 31.0 Å². The fraction of sp³-hybridized carbons (Fsp3) is 0.286. The first kappa shape index (κ1) is 26.5. The van der Waals surface area contributed by atoms with Crippen molar-refractivity contribution < 1.29 is 14.4 Å². The van der Waals surface area contributed by atoms with Crippen LogP contribution in [-0.2, 0) is 16.1 Å². The summed E-state index contributed by atoms with van der Waals surface area (Å²) in [5.41, 5.74) is 4.33. The first-order valence-electron chi connectivity index (χ1n) is 12.8. The van der Waals surface area contributed by atoms with E-state index in [-0.39, 0.29) is 11.1 Å². The first-order valence-corrected chi connectivity index (χ1v) is 13.6. The molecule has 3 amide bonds. The molecule has 3 aromatic rings. The molecule has 0 spiro atoms. The molecular formula is C28H29N7O3S. The summed E-state index contributed by atoms with van der Waals surface area (Å²) in [6.07, 6.45) is 7.16. The van der Waals surface area contributed by atoms with Gasteiger partial charge in [0, 0.05) is 50.2 Å². The fourth-order valence-corrected chi connectivity index (χ4v) is 5.28. The van der Waals surface area contributed by atoms with E-state index >= 15 is 0 Å². The molecule has 2 aliphatic heterocycles. The Labute approximate surface area is 230 Å². The Kier molecular flexibility index (Phi) is 8.28. The molecule has 3 N–H and O–H groups in total. The van der Waals surface area contributed by atoms with Crippen molar-refractivity contribution in [2.24, 2.45) is 5.92 Å². The van der Waals surface area contributed by atoms with Crippen LogP contribution in [0.2, 0.25) is 0 Å². The van der Waals surface area contributed by atoms with E-state index in [4.69, 9.17) is 0 Å². The van der Waals surface area contributed by atoms with Gasteiger partial charge >= 0.3 is 0 Å². The van der Waals surface area contributed by atoms with Crippen LogP contribution in [0.5, 0.6) is 0 Å². The smallest absolute Gasteiger partial charge is 0.290 e. The maximum atomic E-state index is 11.8. The number of carbonyl (C=O) groups is 3. The summed E-state index contributed by atoms with van der Waals surface area (Å²) in [6.45, 7) is 4.86. The molecule has 1 aromatic carbocycles. The minimum Gasteiger partial charge on any atom is -0.341 e. The maximum Gasteiger partial charge on any atom is 0.290 e. The third-order valence-electron chi connectivity index (χ3n) is 6.55. The monoisotopic (exact) mass is 543 g/mol. The summed E-state index contributed by atoms with van der Waals surface area (Å²) < 4.78 is 0. The predicted molar refractivity (Wildman–Crippen MR) is 152 cm³/mol. The molecule has 2 aliphatic rings. The van der Waals surface area contributed by atoms with Gasteiger partial charge in [0.2, 0.25) is 11.9 Å². The minimum absolute atomic E-state index is 0.102. The van der Waals surface area contributed by atoms with Crippen LogP contribution in [0.3, 0.4) is 0 Å². The van der Waals surface area contributed by atoms with Crippen molar-refractivity contribution in [3.8, 4) is 11.3 Å². The summed E-state index contributed by atoms with van der Waals surface area (Å²) >= 11 is 0.881. The molecule has 39 heavy (non-hydrogen) atoms. The number of aromatic nitrogens is 3. The van der Waals surface area contributed by atoms with Crippen LogP contribution in [0, 0.1) is 5.92 Å². The predicted octanol–water partition coefficient (Wildman–Crippen LogP) is 3.83. The number of imide groups is 1. The van der Waals surface area contributed by atoms with Gasteiger partial charge in [-0.3, -0.25) is 24.7 Å². The van der Waals surface area contributed by atoms with Gasteiger partial charge in [-0.15, -0.1) is 0 Å². The van der Waals surface area contributed by atoms with Crippen LogP contribution in [-0.4, -0.2) is 51.6 Å². The molecule has 0 radical (unpaired) electrons. The highest BCUT2D eigenvalue weighted by atomic mass is 32.2. The average Bonchev–Trinajstić information content (AvgIpc) is 3.25. The van der Waals surface area contributed by atoms with Crippen LogP contribution in [0.15, 0.2) is 59.8 Å². The Morgan fingerprint density at radius 3 is 2.72 bits per heavy atom. The maximum absolute atomic E-state index is 11.8. The summed E-state index contributed by atoms with van der Waals surface area (Å²) in [5.74, 6) is 0.692. The number of benzene rings is 1. The van der Waals surface area contributed by atoms with Crippen LogP contribution >= 0.6 is 11.8 Å². The van der Waals surface area contributed by atoms with Crippen molar-refractivity contribution in [1.29, 1.82) is 0 Å². The Bertz CT molecular complexity index is 1420. The summed E-state index contributed by atoms with van der Waals surface area (Å²) in [6, 6.07) is 13.5. The fourth-order valence-electron chi connectivity index (χ4n) is 4.61.